The summed E-state index contributed by atoms with van der Waals surface area (Å²) < 4.78 is 42.4. The van der Waals surface area contributed by atoms with Crippen molar-refractivity contribution in [2.45, 2.75) is 25.6 Å². The van der Waals surface area contributed by atoms with Gasteiger partial charge in [0.1, 0.15) is 0 Å². The fraction of sp³-hybridized carbons (Fsp3) is 0.417. The predicted octanol–water partition coefficient (Wildman–Crippen LogP) is 3.31. The van der Waals surface area contributed by atoms with Crippen molar-refractivity contribution >= 4 is 17.6 Å². The summed E-state index contributed by atoms with van der Waals surface area (Å²) >= 11 is 5.80. The van der Waals surface area contributed by atoms with Gasteiger partial charge in [-0.1, -0.05) is 11.6 Å². The van der Waals surface area contributed by atoms with Gasteiger partial charge >= 0.3 is 12.1 Å². The van der Waals surface area contributed by atoms with Crippen molar-refractivity contribution in [3.63, 3.8) is 0 Å². The number of alkyl halides is 3. The maximum atomic E-state index is 12.6. The number of halogens is 4. The monoisotopic (exact) mass is 295 g/mol. The van der Waals surface area contributed by atoms with Crippen molar-refractivity contribution in [2.24, 2.45) is 5.73 Å². The molecule has 1 aromatic carbocycles. The molecule has 2 N–H and O–H groups in total. The van der Waals surface area contributed by atoms with Gasteiger partial charge in [0, 0.05) is 11.1 Å². The predicted molar refractivity (Wildman–Crippen MR) is 64.6 cm³/mol. The summed E-state index contributed by atoms with van der Waals surface area (Å²) in [6.45, 7) is 1.81. The number of carbonyl (C=O) groups is 1. The van der Waals surface area contributed by atoms with E-state index in [1.54, 1.807) is 6.92 Å². The van der Waals surface area contributed by atoms with Gasteiger partial charge in [0.25, 0.3) is 0 Å². The maximum absolute atomic E-state index is 12.6. The molecule has 0 aliphatic rings. The van der Waals surface area contributed by atoms with Gasteiger partial charge in [-0.15, -0.1) is 0 Å². The first-order chi connectivity index (χ1) is 8.75. The normalized spacial score (nSPS) is 13.2. The van der Waals surface area contributed by atoms with Crippen LogP contribution in [0.3, 0.4) is 0 Å². The van der Waals surface area contributed by atoms with Crippen molar-refractivity contribution in [2.75, 3.05) is 6.61 Å². The Balaban J connectivity index is 2.96. The summed E-state index contributed by atoms with van der Waals surface area (Å²) in [6, 6.07) is 1.90. The van der Waals surface area contributed by atoms with E-state index in [-0.39, 0.29) is 23.6 Å². The Morgan fingerprint density at radius 3 is 2.63 bits per heavy atom. The highest BCUT2D eigenvalue weighted by Gasteiger charge is 2.31. The standard InChI is InChI=1S/C12H13ClF3NO2/c1-2-19-11(18)6-10(17)8-5-7(12(14,15)16)3-4-9(8)13/h3-5,10H,2,6,17H2,1H3. The molecule has 0 fully saturated rings. The van der Waals surface area contributed by atoms with Crippen LogP contribution in [-0.4, -0.2) is 12.6 Å². The van der Waals surface area contributed by atoms with Crippen molar-refractivity contribution in [1.29, 1.82) is 0 Å². The molecule has 0 aliphatic heterocycles. The third kappa shape index (κ3) is 4.40. The van der Waals surface area contributed by atoms with E-state index in [4.69, 9.17) is 17.3 Å². The lowest BCUT2D eigenvalue weighted by Gasteiger charge is -2.15. The van der Waals surface area contributed by atoms with Crippen LogP contribution in [-0.2, 0) is 15.7 Å². The molecule has 0 aromatic heterocycles. The van der Waals surface area contributed by atoms with E-state index in [2.05, 4.69) is 4.74 Å². The van der Waals surface area contributed by atoms with Crippen molar-refractivity contribution in [1.82, 2.24) is 0 Å². The second-order valence-corrected chi connectivity index (χ2v) is 4.26. The number of nitrogens with two attached hydrogens (primary N) is 1. The van der Waals surface area contributed by atoms with E-state index >= 15 is 0 Å². The first-order valence-electron chi connectivity index (χ1n) is 5.53. The fourth-order valence-electron chi connectivity index (χ4n) is 1.51. The highest BCUT2D eigenvalue weighted by Crippen LogP contribution is 2.33. The highest BCUT2D eigenvalue weighted by molar-refractivity contribution is 6.31. The molecule has 106 valence electrons. The minimum Gasteiger partial charge on any atom is -0.466 e. The van der Waals surface area contributed by atoms with E-state index in [0.29, 0.717) is 0 Å². The van der Waals surface area contributed by atoms with Crippen molar-refractivity contribution in [3.8, 4) is 0 Å². The van der Waals surface area contributed by atoms with Crippen LogP contribution in [0.4, 0.5) is 13.2 Å². The summed E-state index contributed by atoms with van der Waals surface area (Å²) in [5.41, 5.74) is 4.90. The summed E-state index contributed by atoms with van der Waals surface area (Å²) in [7, 11) is 0. The van der Waals surface area contributed by atoms with E-state index < -0.39 is 23.8 Å². The van der Waals surface area contributed by atoms with Crippen molar-refractivity contribution < 1.29 is 22.7 Å². The lowest BCUT2D eigenvalue weighted by Crippen LogP contribution is -2.18. The molecule has 1 rings (SSSR count). The molecule has 0 saturated carbocycles. The molecule has 0 heterocycles. The van der Waals surface area contributed by atoms with Crippen LogP contribution in [0.5, 0.6) is 0 Å². The molecule has 19 heavy (non-hydrogen) atoms. The van der Waals surface area contributed by atoms with Gasteiger partial charge in [0.15, 0.2) is 0 Å². The van der Waals surface area contributed by atoms with E-state index in [1.165, 1.54) is 0 Å². The van der Waals surface area contributed by atoms with Gasteiger partial charge < -0.3 is 10.5 Å². The van der Waals surface area contributed by atoms with Gasteiger partial charge in [-0.2, -0.15) is 13.2 Å². The molecular weight excluding hydrogens is 283 g/mol. The number of carbonyl (C=O) groups excluding carboxylic acids is 1. The van der Waals surface area contributed by atoms with Gasteiger partial charge in [-0.05, 0) is 30.7 Å². The molecule has 3 nitrogen and oxygen atoms in total. The molecule has 1 atom stereocenters. The Morgan fingerprint density at radius 1 is 1.47 bits per heavy atom. The lowest BCUT2D eigenvalue weighted by molar-refractivity contribution is -0.143. The Hall–Kier alpha value is -1.27. The molecule has 0 bridgehead atoms. The Kier molecular flexibility index (Phi) is 5.20. The van der Waals surface area contributed by atoms with E-state index in [0.717, 1.165) is 18.2 Å². The van der Waals surface area contributed by atoms with Crippen molar-refractivity contribution in [3.05, 3.63) is 34.3 Å². The number of ether oxygens (including phenoxy) is 1. The quantitative estimate of drug-likeness (QED) is 0.867. The zero-order chi connectivity index (χ0) is 14.6. The second-order valence-electron chi connectivity index (χ2n) is 3.85. The van der Waals surface area contributed by atoms with E-state index in [9.17, 15) is 18.0 Å². The molecule has 1 aromatic rings. The third-order valence-electron chi connectivity index (χ3n) is 2.41. The van der Waals surface area contributed by atoms with Crippen LogP contribution in [0, 0.1) is 0 Å². The molecular formula is C12H13ClF3NO2. The van der Waals surface area contributed by atoms with Crippen LogP contribution >= 0.6 is 11.6 Å². The van der Waals surface area contributed by atoms with Gasteiger partial charge in [-0.3, -0.25) is 4.79 Å². The third-order valence-corrected chi connectivity index (χ3v) is 2.76. The SMILES string of the molecule is CCOC(=O)CC(N)c1cc(C(F)(F)F)ccc1Cl. The number of benzene rings is 1. The van der Waals surface area contributed by atoms with Gasteiger partial charge in [-0.25, -0.2) is 0 Å². The number of esters is 1. The molecule has 7 heteroatoms. The number of hydrogen-bond acceptors (Lipinski definition) is 3. The molecule has 0 saturated heterocycles. The maximum Gasteiger partial charge on any atom is 0.416 e. The minimum atomic E-state index is -4.48. The summed E-state index contributed by atoms with van der Waals surface area (Å²) in [5.74, 6) is -0.580. The summed E-state index contributed by atoms with van der Waals surface area (Å²) in [5, 5.41) is 0.0878. The summed E-state index contributed by atoms with van der Waals surface area (Å²) in [4.78, 5) is 11.3. The molecule has 0 aliphatic carbocycles. The average Bonchev–Trinajstić information content (AvgIpc) is 2.27. The average molecular weight is 296 g/mol. The first kappa shape index (κ1) is 15.8. The van der Waals surface area contributed by atoms with Gasteiger partial charge in [0.05, 0.1) is 18.6 Å². The smallest absolute Gasteiger partial charge is 0.416 e. The minimum absolute atomic E-state index is 0.0737. The zero-order valence-corrected chi connectivity index (χ0v) is 10.9. The van der Waals surface area contributed by atoms with Crippen LogP contribution < -0.4 is 5.73 Å². The van der Waals surface area contributed by atoms with Gasteiger partial charge in [0.2, 0.25) is 0 Å². The Morgan fingerprint density at radius 2 is 2.11 bits per heavy atom. The second kappa shape index (κ2) is 6.25. The summed E-state index contributed by atoms with van der Waals surface area (Å²) in [6.07, 6.45) is -4.71. The van der Waals surface area contributed by atoms with Crippen LogP contribution in [0.1, 0.15) is 30.5 Å². The fourth-order valence-corrected chi connectivity index (χ4v) is 1.77. The van der Waals surface area contributed by atoms with Crippen LogP contribution in [0.25, 0.3) is 0 Å². The highest BCUT2D eigenvalue weighted by atomic mass is 35.5. The lowest BCUT2D eigenvalue weighted by atomic mass is 10.0. The van der Waals surface area contributed by atoms with Crippen LogP contribution in [0.2, 0.25) is 5.02 Å². The Bertz CT molecular complexity index is 463. The molecule has 1 unspecified atom stereocenters. The first-order valence-corrected chi connectivity index (χ1v) is 5.91. The van der Waals surface area contributed by atoms with Crippen LogP contribution in [0.15, 0.2) is 18.2 Å². The molecule has 0 radical (unpaired) electrons. The van der Waals surface area contributed by atoms with E-state index in [1.807, 2.05) is 0 Å². The molecule has 0 spiro atoms. The number of hydrogen-bond donors (Lipinski definition) is 1. The topological polar surface area (TPSA) is 52.3 Å². The molecule has 0 amide bonds. The number of rotatable bonds is 4. The largest absolute Gasteiger partial charge is 0.466 e. The Labute approximate surface area is 113 Å². The zero-order valence-electron chi connectivity index (χ0n) is 10.1.